The minimum absolute atomic E-state index is 0.0643. The summed E-state index contributed by atoms with van der Waals surface area (Å²) in [6.45, 7) is 0. The second kappa shape index (κ2) is 3.88. The molecule has 0 aromatic heterocycles. The fraction of sp³-hybridized carbons (Fsp3) is 0.143. The van der Waals surface area contributed by atoms with E-state index in [0.717, 1.165) is 4.47 Å². The van der Waals surface area contributed by atoms with Crippen LogP contribution in [0, 0.1) is 6.07 Å². The molecule has 4 heteroatoms. The van der Waals surface area contributed by atoms with Crippen LogP contribution in [0.5, 0.6) is 0 Å². The molecule has 0 amide bonds. The predicted octanol–water partition coefficient (Wildman–Crippen LogP) is 1.36. The fourth-order valence-electron chi connectivity index (χ4n) is 0.717. The lowest BCUT2D eigenvalue weighted by Gasteiger charge is -1.93. The normalized spacial score (nSPS) is 10.4. The summed E-state index contributed by atoms with van der Waals surface area (Å²) >= 11 is 3.20. The number of benzene rings is 1. The van der Waals surface area contributed by atoms with E-state index >= 15 is 0 Å². The van der Waals surface area contributed by atoms with E-state index in [1.165, 1.54) is 0 Å². The van der Waals surface area contributed by atoms with Gasteiger partial charge in [-0.1, -0.05) is 28.1 Å². The number of rotatable bonds is 2. The number of thiol groups is 1. The van der Waals surface area contributed by atoms with Gasteiger partial charge in [0.2, 0.25) is 0 Å². The SMILES string of the molecule is O=[SH](=O)Cc1[c]c(Br)ccc1. The maximum Gasteiger partial charge on any atom is 0.144 e. The third-order valence-corrected chi connectivity index (χ3v) is 2.18. The van der Waals surface area contributed by atoms with E-state index < -0.39 is 10.7 Å². The van der Waals surface area contributed by atoms with Gasteiger partial charge >= 0.3 is 0 Å². The van der Waals surface area contributed by atoms with Crippen LogP contribution < -0.4 is 0 Å². The number of hydrogen-bond acceptors (Lipinski definition) is 2. The van der Waals surface area contributed by atoms with Crippen molar-refractivity contribution in [2.75, 3.05) is 0 Å². The van der Waals surface area contributed by atoms with E-state index in [1.54, 1.807) is 18.2 Å². The lowest BCUT2D eigenvalue weighted by Crippen LogP contribution is -1.85. The molecule has 0 saturated heterocycles. The molecule has 1 radical (unpaired) electrons. The first kappa shape index (κ1) is 8.74. The monoisotopic (exact) mass is 233 g/mol. The van der Waals surface area contributed by atoms with Crippen LogP contribution in [0.1, 0.15) is 5.56 Å². The number of hydrogen-bond donors (Lipinski definition) is 1. The fourth-order valence-corrected chi connectivity index (χ4v) is 1.59. The maximum atomic E-state index is 10.3. The van der Waals surface area contributed by atoms with Gasteiger partial charge in [0.1, 0.15) is 10.7 Å². The smallest absolute Gasteiger partial charge is 0.144 e. The highest BCUT2D eigenvalue weighted by Gasteiger charge is 1.94. The second-order valence-electron chi connectivity index (χ2n) is 2.01. The summed E-state index contributed by atoms with van der Waals surface area (Å²) in [6, 6.07) is 8.20. The lowest BCUT2D eigenvalue weighted by atomic mass is 10.2. The highest BCUT2D eigenvalue weighted by atomic mass is 79.9. The first-order valence-electron chi connectivity index (χ1n) is 2.97. The molecule has 0 heterocycles. The molecule has 11 heavy (non-hydrogen) atoms. The summed E-state index contributed by atoms with van der Waals surface area (Å²) in [5.41, 5.74) is 0.690. The summed E-state index contributed by atoms with van der Waals surface area (Å²) < 4.78 is 21.3. The summed E-state index contributed by atoms with van der Waals surface area (Å²) in [7, 11) is -2.34. The van der Waals surface area contributed by atoms with Crippen molar-refractivity contribution in [3.63, 3.8) is 0 Å². The van der Waals surface area contributed by atoms with Crippen molar-refractivity contribution in [2.24, 2.45) is 0 Å². The first-order chi connectivity index (χ1) is 5.18. The molecule has 2 nitrogen and oxygen atoms in total. The highest BCUT2D eigenvalue weighted by Crippen LogP contribution is 2.10. The van der Waals surface area contributed by atoms with E-state index in [0.29, 0.717) is 5.56 Å². The largest absolute Gasteiger partial charge is 0.232 e. The Morgan fingerprint density at radius 3 is 2.73 bits per heavy atom. The van der Waals surface area contributed by atoms with Gasteiger partial charge in [-0.25, -0.2) is 8.42 Å². The highest BCUT2D eigenvalue weighted by molar-refractivity contribution is 9.10. The van der Waals surface area contributed by atoms with Gasteiger partial charge in [0.25, 0.3) is 0 Å². The molecule has 0 unspecified atom stereocenters. The summed E-state index contributed by atoms with van der Waals surface area (Å²) in [5.74, 6) is 0.0643. The Bertz CT molecular complexity index is 312. The van der Waals surface area contributed by atoms with E-state index in [2.05, 4.69) is 22.0 Å². The molecule has 0 spiro atoms. The maximum absolute atomic E-state index is 10.3. The Hall–Kier alpha value is -0.350. The van der Waals surface area contributed by atoms with Crippen molar-refractivity contribution >= 4 is 26.6 Å². The minimum atomic E-state index is -2.34. The van der Waals surface area contributed by atoms with Gasteiger partial charge in [-0.15, -0.1) is 0 Å². The molecule has 0 saturated carbocycles. The molecule has 0 aliphatic rings. The Labute approximate surface area is 75.3 Å². The van der Waals surface area contributed by atoms with Gasteiger partial charge in [0.05, 0.1) is 5.75 Å². The van der Waals surface area contributed by atoms with Crippen molar-refractivity contribution in [2.45, 2.75) is 5.75 Å². The molecule has 1 rings (SSSR count). The van der Waals surface area contributed by atoms with E-state index in [1.807, 2.05) is 0 Å². The molecule has 0 fully saturated rings. The molecule has 0 aliphatic heterocycles. The molecule has 1 aromatic carbocycles. The van der Waals surface area contributed by atoms with Crippen LogP contribution in [0.3, 0.4) is 0 Å². The quantitative estimate of drug-likeness (QED) is 0.784. The molecule has 1 aromatic rings. The van der Waals surface area contributed by atoms with Crippen molar-refractivity contribution in [1.29, 1.82) is 0 Å². The average molecular weight is 234 g/mol. The van der Waals surface area contributed by atoms with Crippen LogP contribution in [0.2, 0.25) is 0 Å². The Morgan fingerprint density at radius 2 is 2.18 bits per heavy atom. The molecular formula is C7H6BrO2S. The first-order valence-corrected chi connectivity index (χ1v) is 5.12. The molecule has 0 atom stereocenters. The zero-order valence-electron chi connectivity index (χ0n) is 5.58. The van der Waals surface area contributed by atoms with Crippen LogP contribution in [-0.2, 0) is 16.5 Å². The average Bonchev–Trinajstić information content (AvgIpc) is 1.85. The Balaban J connectivity index is 2.87. The van der Waals surface area contributed by atoms with E-state index in [-0.39, 0.29) is 5.75 Å². The van der Waals surface area contributed by atoms with Crippen LogP contribution >= 0.6 is 15.9 Å². The van der Waals surface area contributed by atoms with Gasteiger partial charge in [-0.3, -0.25) is 0 Å². The Kier molecular flexibility index (Phi) is 3.08. The molecular weight excluding hydrogens is 228 g/mol. The van der Waals surface area contributed by atoms with Crippen LogP contribution in [0.15, 0.2) is 22.7 Å². The van der Waals surface area contributed by atoms with Gasteiger partial charge < -0.3 is 0 Å². The summed E-state index contributed by atoms with van der Waals surface area (Å²) in [6.07, 6.45) is 0. The molecule has 0 aliphatic carbocycles. The molecule has 0 N–H and O–H groups in total. The lowest BCUT2D eigenvalue weighted by molar-refractivity contribution is 0.614. The zero-order chi connectivity index (χ0) is 8.27. The molecule has 59 valence electrons. The van der Waals surface area contributed by atoms with Crippen LogP contribution in [0.4, 0.5) is 0 Å². The standard InChI is InChI=1S/C7H6BrO2S/c8-7-3-1-2-6(4-7)5-11(9)10/h1-3,11H,5H2. The van der Waals surface area contributed by atoms with Crippen molar-refractivity contribution in [1.82, 2.24) is 0 Å². The second-order valence-corrected chi connectivity index (χ2v) is 3.85. The van der Waals surface area contributed by atoms with Gasteiger partial charge in [0.15, 0.2) is 0 Å². The van der Waals surface area contributed by atoms with Crippen molar-refractivity contribution in [3.8, 4) is 0 Å². The van der Waals surface area contributed by atoms with E-state index in [4.69, 9.17) is 0 Å². The topological polar surface area (TPSA) is 34.1 Å². The van der Waals surface area contributed by atoms with Crippen LogP contribution in [-0.4, -0.2) is 8.42 Å². The molecule has 0 bridgehead atoms. The number of halogens is 1. The van der Waals surface area contributed by atoms with Gasteiger partial charge in [0, 0.05) is 10.5 Å². The third-order valence-electron chi connectivity index (χ3n) is 1.12. The predicted molar refractivity (Wildman–Crippen MR) is 47.0 cm³/mol. The van der Waals surface area contributed by atoms with Crippen LogP contribution in [0.25, 0.3) is 0 Å². The summed E-state index contributed by atoms with van der Waals surface area (Å²) in [5, 5.41) is 0. The Morgan fingerprint density at radius 1 is 1.45 bits per heavy atom. The van der Waals surface area contributed by atoms with Crippen molar-refractivity contribution < 1.29 is 8.42 Å². The van der Waals surface area contributed by atoms with Gasteiger partial charge in [-0.2, -0.15) is 0 Å². The van der Waals surface area contributed by atoms with Gasteiger partial charge in [-0.05, 0) is 11.6 Å². The third kappa shape index (κ3) is 3.03. The summed E-state index contributed by atoms with van der Waals surface area (Å²) in [4.78, 5) is 0. The van der Waals surface area contributed by atoms with Crippen molar-refractivity contribution in [3.05, 3.63) is 34.3 Å². The zero-order valence-corrected chi connectivity index (χ0v) is 8.06. The van der Waals surface area contributed by atoms with E-state index in [9.17, 15) is 8.42 Å². The minimum Gasteiger partial charge on any atom is -0.232 e.